The summed E-state index contributed by atoms with van der Waals surface area (Å²) in [4.78, 5) is 68.1. The van der Waals surface area contributed by atoms with Gasteiger partial charge < -0.3 is 30.5 Å². The highest BCUT2D eigenvalue weighted by atomic mass is 16.5. The highest BCUT2D eigenvalue weighted by Crippen LogP contribution is 2.27. The Morgan fingerprint density at radius 3 is 2.42 bits per heavy atom. The molecule has 1 unspecified atom stereocenters. The van der Waals surface area contributed by atoms with Gasteiger partial charge in [0.05, 0.1) is 0 Å². The average Bonchev–Trinajstić information content (AvgIpc) is 3.42. The number of likely N-dealkylation sites (N-methyl/N-ethyl adjacent to an activating group) is 1. The molecule has 1 saturated heterocycles. The van der Waals surface area contributed by atoms with Crippen LogP contribution < -0.4 is 20.7 Å². The zero-order valence-electron chi connectivity index (χ0n) is 24.9. The minimum Gasteiger partial charge on any atom is -0.488 e. The van der Waals surface area contributed by atoms with E-state index in [2.05, 4.69) is 16.0 Å². The van der Waals surface area contributed by atoms with Crippen molar-refractivity contribution < 1.29 is 28.7 Å². The fourth-order valence-electron chi connectivity index (χ4n) is 5.16. The van der Waals surface area contributed by atoms with Crippen LogP contribution in [0.25, 0.3) is 6.08 Å². The van der Waals surface area contributed by atoms with E-state index >= 15 is 0 Å². The smallest absolute Gasteiger partial charge is 0.247 e. The van der Waals surface area contributed by atoms with Crippen LogP contribution in [0.3, 0.4) is 0 Å². The second-order valence-corrected chi connectivity index (χ2v) is 11.3. The summed E-state index contributed by atoms with van der Waals surface area (Å²) < 4.78 is 6.26. The van der Waals surface area contributed by atoms with Gasteiger partial charge in [-0.2, -0.15) is 0 Å². The van der Waals surface area contributed by atoms with Crippen LogP contribution >= 0.6 is 0 Å². The zero-order chi connectivity index (χ0) is 31.1. The van der Waals surface area contributed by atoms with Crippen molar-refractivity contribution in [3.63, 3.8) is 0 Å². The maximum Gasteiger partial charge on any atom is 0.247 e. The summed E-state index contributed by atoms with van der Waals surface area (Å²) in [5.74, 6) is -1.65. The lowest BCUT2D eigenvalue weighted by Crippen LogP contribution is -2.60. The van der Waals surface area contributed by atoms with Crippen molar-refractivity contribution in [2.45, 2.75) is 63.9 Å². The number of nitrogens with one attached hydrogen (secondary N) is 3. The molecule has 5 rings (SSSR count). The van der Waals surface area contributed by atoms with Crippen LogP contribution in [-0.2, 0) is 30.4 Å². The number of likely N-dealkylation sites (tertiary alicyclic amines) is 1. The third-order valence-corrected chi connectivity index (χ3v) is 7.87. The maximum absolute atomic E-state index is 14.0. The van der Waals surface area contributed by atoms with Crippen molar-refractivity contribution in [2.24, 2.45) is 5.92 Å². The molecule has 228 valence electrons. The monoisotopic (exact) mass is 589 g/mol. The lowest BCUT2D eigenvalue weighted by atomic mass is 10.0. The van der Waals surface area contributed by atoms with Gasteiger partial charge in [0.15, 0.2) is 0 Å². The standard InChI is InChI=1S/C32H39N5O6/c1-20(2)27(35-29(39)21(3)36(4)19-38)32(42)37-17-15-26-28(37)31(41)34-25(18-23-8-6-5-7-9-23)30(40)33-16-14-22-10-12-24(43-26)13-11-22/h5-14,16,19-21,25-28H,15,17-18H2,1-4H3,(H,33,40)(H,34,41)(H,35,39)/b16-14-/t21?,25-,26-,27-,28-/m0/s1. The Morgan fingerprint density at radius 2 is 1.77 bits per heavy atom. The molecule has 5 atom stereocenters. The van der Waals surface area contributed by atoms with E-state index in [-0.39, 0.29) is 18.9 Å². The molecule has 0 radical (unpaired) electrons. The number of rotatable bonds is 8. The van der Waals surface area contributed by atoms with Crippen LogP contribution in [0.2, 0.25) is 0 Å². The molecule has 3 aliphatic rings. The topological polar surface area (TPSA) is 137 Å². The van der Waals surface area contributed by atoms with E-state index in [0.717, 1.165) is 11.1 Å². The number of hydrogen-bond acceptors (Lipinski definition) is 6. The highest BCUT2D eigenvalue weighted by molar-refractivity contribution is 5.96. The van der Waals surface area contributed by atoms with Gasteiger partial charge in [0, 0.05) is 32.6 Å². The average molecular weight is 590 g/mol. The van der Waals surface area contributed by atoms with Gasteiger partial charge in [0.25, 0.3) is 0 Å². The quantitative estimate of drug-likeness (QED) is 0.399. The van der Waals surface area contributed by atoms with Crippen LogP contribution in [0.1, 0.15) is 38.3 Å². The van der Waals surface area contributed by atoms with Gasteiger partial charge in [-0.05, 0) is 42.2 Å². The van der Waals surface area contributed by atoms with Crippen molar-refractivity contribution in [1.82, 2.24) is 25.8 Å². The van der Waals surface area contributed by atoms with Crippen molar-refractivity contribution in [1.29, 1.82) is 0 Å². The number of hydrogen-bond donors (Lipinski definition) is 3. The molecule has 1 fully saturated rings. The van der Waals surface area contributed by atoms with Crippen molar-refractivity contribution >= 4 is 36.1 Å². The second-order valence-electron chi connectivity index (χ2n) is 11.3. The van der Waals surface area contributed by atoms with Gasteiger partial charge >= 0.3 is 0 Å². The van der Waals surface area contributed by atoms with E-state index in [0.29, 0.717) is 18.6 Å². The first-order valence-electron chi connectivity index (χ1n) is 14.4. The third-order valence-electron chi connectivity index (χ3n) is 7.87. The Kier molecular flexibility index (Phi) is 10.2. The predicted octanol–water partition coefficient (Wildman–Crippen LogP) is 1.48. The van der Waals surface area contributed by atoms with E-state index in [1.54, 1.807) is 39.0 Å². The summed E-state index contributed by atoms with van der Waals surface area (Å²) in [6.07, 6.45) is 3.73. The molecule has 2 aromatic rings. The summed E-state index contributed by atoms with van der Waals surface area (Å²) in [6, 6.07) is 12.8. The molecule has 2 bridgehead atoms. The SMILES string of the molecule is CC(C)[C@H](NC(=O)C(C)N(C)C=O)C(=O)N1CC[C@@H]2Oc3ccc(cc3)/C=C\NC(=O)[C@H](Cc3ccccc3)NC(=O)[C@H]21. The summed E-state index contributed by atoms with van der Waals surface area (Å²) >= 11 is 0. The molecule has 2 aromatic carbocycles. The summed E-state index contributed by atoms with van der Waals surface area (Å²) in [7, 11) is 1.48. The van der Waals surface area contributed by atoms with Crippen LogP contribution in [0.4, 0.5) is 0 Å². The minimum absolute atomic E-state index is 0.208. The van der Waals surface area contributed by atoms with Gasteiger partial charge in [-0.15, -0.1) is 0 Å². The second kappa shape index (κ2) is 14.0. The summed E-state index contributed by atoms with van der Waals surface area (Å²) in [5, 5.41) is 8.41. The normalized spacial score (nSPS) is 22.3. The molecule has 11 nitrogen and oxygen atoms in total. The van der Waals surface area contributed by atoms with Gasteiger partial charge in [-0.25, -0.2) is 0 Å². The van der Waals surface area contributed by atoms with Crippen molar-refractivity contribution in [3.8, 4) is 5.75 Å². The predicted molar refractivity (Wildman–Crippen MR) is 160 cm³/mol. The third kappa shape index (κ3) is 7.59. The van der Waals surface area contributed by atoms with E-state index < -0.39 is 53.9 Å². The number of nitrogens with zero attached hydrogens (tertiary/aromatic N) is 2. The fraction of sp³-hybridized carbons (Fsp3) is 0.406. The number of ether oxygens (including phenoxy) is 1. The number of fused-ring (bicyclic) bond motifs is 7. The zero-order valence-corrected chi connectivity index (χ0v) is 24.9. The molecule has 43 heavy (non-hydrogen) atoms. The first kappa shape index (κ1) is 31.3. The molecule has 0 aliphatic carbocycles. The van der Waals surface area contributed by atoms with Crippen molar-refractivity contribution in [2.75, 3.05) is 13.6 Å². The Bertz CT molecular complexity index is 1350. The lowest BCUT2D eigenvalue weighted by molar-refractivity contribution is -0.145. The Balaban J connectivity index is 1.66. The molecule has 11 heteroatoms. The Hall–Kier alpha value is -4.67. The van der Waals surface area contributed by atoms with E-state index in [1.165, 1.54) is 23.0 Å². The van der Waals surface area contributed by atoms with Gasteiger partial charge in [0.1, 0.15) is 36.0 Å². The molecule has 3 N–H and O–H groups in total. The Labute approximate surface area is 251 Å². The fourth-order valence-corrected chi connectivity index (χ4v) is 5.16. The molecule has 0 aromatic heterocycles. The van der Waals surface area contributed by atoms with E-state index in [9.17, 15) is 24.0 Å². The molecular weight excluding hydrogens is 550 g/mol. The first-order valence-corrected chi connectivity index (χ1v) is 14.4. The first-order chi connectivity index (χ1) is 20.6. The summed E-state index contributed by atoms with van der Waals surface area (Å²) in [6.45, 7) is 5.36. The van der Waals surface area contributed by atoms with Gasteiger partial charge in [0.2, 0.25) is 30.0 Å². The van der Waals surface area contributed by atoms with E-state index in [1.807, 2.05) is 42.5 Å². The van der Waals surface area contributed by atoms with Crippen molar-refractivity contribution in [3.05, 3.63) is 71.9 Å². The van der Waals surface area contributed by atoms with Gasteiger partial charge in [-0.1, -0.05) is 56.3 Å². The molecule has 3 heterocycles. The number of carbonyl (C=O) groups is 5. The van der Waals surface area contributed by atoms with Gasteiger partial charge in [-0.3, -0.25) is 24.0 Å². The lowest BCUT2D eigenvalue weighted by Gasteiger charge is -2.33. The maximum atomic E-state index is 14.0. The molecular formula is C32H39N5O6. The van der Waals surface area contributed by atoms with Crippen LogP contribution in [0, 0.1) is 5.92 Å². The van der Waals surface area contributed by atoms with Crippen LogP contribution in [-0.4, -0.2) is 83.7 Å². The number of benzene rings is 2. The molecule has 5 amide bonds. The largest absolute Gasteiger partial charge is 0.488 e. The number of carbonyl (C=O) groups excluding carboxylic acids is 5. The summed E-state index contributed by atoms with van der Waals surface area (Å²) in [5.41, 5.74) is 1.70. The van der Waals surface area contributed by atoms with Crippen LogP contribution in [0.5, 0.6) is 5.75 Å². The highest BCUT2D eigenvalue weighted by Gasteiger charge is 2.46. The molecule has 0 spiro atoms. The number of amides is 5. The Morgan fingerprint density at radius 1 is 1.07 bits per heavy atom. The van der Waals surface area contributed by atoms with Crippen LogP contribution in [0.15, 0.2) is 60.8 Å². The minimum atomic E-state index is -1.06. The molecule has 3 aliphatic heterocycles. The molecule has 0 saturated carbocycles. The van der Waals surface area contributed by atoms with E-state index in [4.69, 9.17) is 4.74 Å².